The Morgan fingerprint density at radius 3 is 2.96 bits per heavy atom. The molecule has 0 saturated heterocycles. The van der Waals surface area contributed by atoms with Crippen LogP contribution in [0.15, 0.2) is 24.3 Å². The number of aliphatic hydroxyl groups excluding tert-OH is 1. The predicted octanol–water partition coefficient (Wildman–Crippen LogP) is -0.00200. The number of rotatable bonds is 4. The average molecular weight is 445 g/mol. The molecule has 0 bridgehead atoms. The number of benzene rings is 1. The Morgan fingerprint density at radius 2 is 2.23 bits per heavy atom. The van der Waals surface area contributed by atoms with Gasteiger partial charge in [0.05, 0.1) is 38.8 Å². The second-order valence-corrected chi connectivity index (χ2v) is 8.34. The van der Waals surface area contributed by atoms with Gasteiger partial charge in [0.1, 0.15) is 12.6 Å². The molecule has 144 valence electrons. The predicted molar refractivity (Wildman–Crippen MR) is 98.4 cm³/mol. The van der Waals surface area contributed by atoms with E-state index in [9.17, 15) is 5.11 Å². The SMILES string of the molecule is COc1ccc2c3c1O[C@H]1CC(O)C=C[C@@]31CC[N+](C)(CCCCl)C2.[Br-]. The second kappa shape index (κ2) is 7.34. The van der Waals surface area contributed by atoms with Crippen molar-refractivity contribution in [2.75, 3.05) is 33.1 Å². The van der Waals surface area contributed by atoms with E-state index in [0.717, 1.165) is 48.5 Å². The van der Waals surface area contributed by atoms with Crippen LogP contribution < -0.4 is 26.5 Å². The van der Waals surface area contributed by atoms with Gasteiger partial charge in [-0.1, -0.05) is 12.2 Å². The Morgan fingerprint density at radius 1 is 1.42 bits per heavy atom. The Labute approximate surface area is 171 Å². The van der Waals surface area contributed by atoms with Crippen molar-refractivity contribution in [1.82, 2.24) is 0 Å². The first-order chi connectivity index (χ1) is 12.0. The summed E-state index contributed by atoms with van der Waals surface area (Å²) in [6, 6.07) is 4.23. The number of hydrogen-bond donors (Lipinski definition) is 1. The average Bonchev–Trinajstić information content (AvgIpc) is 2.87. The van der Waals surface area contributed by atoms with Crippen molar-refractivity contribution < 1.29 is 36.0 Å². The first-order valence-corrected chi connectivity index (χ1v) is 9.69. The summed E-state index contributed by atoms with van der Waals surface area (Å²) in [6.45, 7) is 3.14. The lowest BCUT2D eigenvalue weighted by atomic mass is 9.69. The fourth-order valence-corrected chi connectivity index (χ4v) is 5.03. The van der Waals surface area contributed by atoms with Crippen LogP contribution in [-0.4, -0.2) is 54.9 Å². The minimum atomic E-state index is -0.431. The highest BCUT2D eigenvalue weighted by molar-refractivity contribution is 6.17. The lowest BCUT2D eigenvalue weighted by molar-refractivity contribution is -0.922. The maximum absolute atomic E-state index is 10.1. The van der Waals surface area contributed by atoms with Gasteiger partial charge in [0.2, 0.25) is 0 Å². The third-order valence-corrected chi connectivity index (χ3v) is 6.52. The summed E-state index contributed by atoms with van der Waals surface area (Å²) in [5.41, 5.74) is 2.48. The normalized spacial score (nSPS) is 34.2. The number of hydrogen-bond acceptors (Lipinski definition) is 3. The van der Waals surface area contributed by atoms with Gasteiger partial charge in [0, 0.05) is 36.3 Å². The molecule has 1 aromatic carbocycles. The Kier molecular flexibility index (Phi) is 5.65. The molecule has 1 aromatic rings. The molecular weight excluding hydrogens is 418 g/mol. The highest BCUT2D eigenvalue weighted by atomic mass is 79.9. The van der Waals surface area contributed by atoms with Crippen LogP contribution in [0.2, 0.25) is 0 Å². The molecule has 3 aliphatic rings. The lowest BCUT2D eigenvalue weighted by Crippen LogP contribution is -3.00. The third-order valence-electron chi connectivity index (χ3n) is 6.25. The monoisotopic (exact) mass is 443 g/mol. The van der Waals surface area contributed by atoms with Gasteiger partial charge in [-0.25, -0.2) is 0 Å². The molecule has 0 fully saturated rings. The highest BCUT2D eigenvalue weighted by Gasteiger charge is 2.54. The van der Waals surface area contributed by atoms with Crippen molar-refractivity contribution in [3.63, 3.8) is 0 Å². The van der Waals surface area contributed by atoms with Crippen molar-refractivity contribution in [3.8, 4) is 11.5 Å². The molecule has 0 amide bonds. The topological polar surface area (TPSA) is 38.7 Å². The summed E-state index contributed by atoms with van der Waals surface area (Å²) in [6.07, 6.45) is 6.39. The summed E-state index contributed by atoms with van der Waals surface area (Å²) in [5.74, 6) is 2.39. The third kappa shape index (κ3) is 3.07. The molecule has 4 nitrogen and oxygen atoms in total. The standard InChI is InChI=1S/C20H27ClNO3.BrH/c1-22(10-3-9-21)11-8-20-7-6-15(23)12-17(20)25-19-16(24-2)5-4-14(13-22)18(19)20;/h4-7,15,17,23H,3,8-13H2,1-2H3;1H/q+1;/p-1/t15?,17-,20-,22?;/m0./s1. The molecule has 2 unspecified atom stereocenters. The number of aliphatic hydroxyl groups is 1. The Hall–Kier alpha value is -0.750. The van der Waals surface area contributed by atoms with Crippen LogP contribution in [0.1, 0.15) is 30.4 Å². The molecule has 4 atom stereocenters. The van der Waals surface area contributed by atoms with Crippen molar-refractivity contribution in [2.45, 2.75) is 43.4 Å². The van der Waals surface area contributed by atoms with Crippen molar-refractivity contribution in [2.24, 2.45) is 0 Å². The summed E-state index contributed by atoms with van der Waals surface area (Å²) in [4.78, 5) is 0. The van der Waals surface area contributed by atoms with Gasteiger partial charge in [-0.2, -0.15) is 0 Å². The zero-order valence-corrected chi connectivity index (χ0v) is 17.7. The first kappa shape index (κ1) is 20.0. The van der Waals surface area contributed by atoms with Gasteiger partial charge in [0.25, 0.3) is 0 Å². The van der Waals surface area contributed by atoms with Gasteiger partial charge in [-0.05, 0) is 12.1 Å². The molecular formula is C20H27BrClNO3. The Bertz CT molecular complexity index is 713. The van der Waals surface area contributed by atoms with Crippen molar-refractivity contribution >= 4 is 11.6 Å². The van der Waals surface area contributed by atoms with E-state index in [4.69, 9.17) is 21.1 Å². The number of ether oxygens (including phenoxy) is 2. The smallest absolute Gasteiger partial charge is 0.166 e. The van der Waals surface area contributed by atoms with Gasteiger partial charge >= 0.3 is 0 Å². The molecule has 0 radical (unpaired) electrons. The van der Waals surface area contributed by atoms with Crippen LogP contribution >= 0.6 is 11.6 Å². The number of alkyl halides is 1. The van der Waals surface area contributed by atoms with Gasteiger partial charge in [-0.15, -0.1) is 11.6 Å². The summed E-state index contributed by atoms with van der Waals surface area (Å²) >= 11 is 5.97. The van der Waals surface area contributed by atoms with Crippen LogP contribution in [0.25, 0.3) is 0 Å². The van der Waals surface area contributed by atoms with Crippen molar-refractivity contribution in [3.05, 3.63) is 35.4 Å². The lowest BCUT2D eigenvalue weighted by Gasteiger charge is -2.37. The van der Waals surface area contributed by atoms with E-state index in [2.05, 4.69) is 19.2 Å². The molecule has 2 heterocycles. The van der Waals surface area contributed by atoms with E-state index >= 15 is 0 Å². The maximum atomic E-state index is 10.1. The van der Waals surface area contributed by atoms with Crippen LogP contribution in [0.3, 0.4) is 0 Å². The molecule has 1 spiro atoms. The van der Waals surface area contributed by atoms with E-state index in [-0.39, 0.29) is 28.5 Å². The molecule has 4 rings (SSSR count). The van der Waals surface area contributed by atoms with E-state index in [1.54, 1.807) is 7.11 Å². The zero-order chi connectivity index (χ0) is 17.7. The van der Waals surface area contributed by atoms with E-state index < -0.39 is 6.10 Å². The fourth-order valence-electron chi connectivity index (χ4n) is 4.91. The quantitative estimate of drug-likeness (QED) is 0.404. The first-order valence-electron chi connectivity index (χ1n) is 9.15. The van der Waals surface area contributed by atoms with Crippen molar-refractivity contribution in [1.29, 1.82) is 0 Å². The molecule has 0 aromatic heterocycles. The number of nitrogens with zero attached hydrogens (tertiary/aromatic N) is 1. The molecule has 1 N–H and O–H groups in total. The largest absolute Gasteiger partial charge is 1.00 e. The zero-order valence-electron chi connectivity index (χ0n) is 15.4. The summed E-state index contributed by atoms with van der Waals surface area (Å²) in [5, 5.41) is 10.1. The van der Waals surface area contributed by atoms with Crippen LogP contribution in [0, 0.1) is 0 Å². The number of methoxy groups -OCH3 is 1. The summed E-state index contributed by atoms with van der Waals surface area (Å²) in [7, 11) is 4.02. The van der Waals surface area contributed by atoms with E-state index in [1.165, 1.54) is 11.1 Å². The molecule has 26 heavy (non-hydrogen) atoms. The van der Waals surface area contributed by atoms with Gasteiger partial charge in [0.15, 0.2) is 11.5 Å². The van der Waals surface area contributed by atoms with Crippen LogP contribution in [0.4, 0.5) is 0 Å². The van der Waals surface area contributed by atoms with E-state index in [1.807, 2.05) is 12.1 Å². The molecule has 1 aliphatic carbocycles. The minimum absolute atomic E-state index is 0. The minimum Gasteiger partial charge on any atom is -1.00 e. The van der Waals surface area contributed by atoms with Gasteiger partial charge < -0.3 is 36.0 Å². The number of quaternary nitrogens is 1. The second-order valence-electron chi connectivity index (χ2n) is 7.96. The highest BCUT2D eigenvalue weighted by Crippen LogP contribution is 2.56. The van der Waals surface area contributed by atoms with Crippen LogP contribution in [0.5, 0.6) is 11.5 Å². The molecule has 6 heteroatoms. The maximum Gasteiger partial charge on any atom is 0.166 e. The number of halogens is 2. The molecule has 0 saturated carbocycles. The van der Waals surface area contributed by atoms with E-state index in [0.29, 0.717) is 12.3 Å². The summed E-state index contributed by atoms with van der Waals surface area (Å²) < 4.78 is 12.9. The fraction of sp³-hybridized carbons (Fsp3) is 0.600. The molecule has 2 aliphatic heterocycles. The van der Waals surface area contributed by atoms with Gasteiger partial charge in [-0.3, -0.25) is 0 Å². The van der Waals surface area contributed by atoms with Crippen LogP contribution in [-0.2, 0) is 12.0 Å². The Balaban J connectivity index is 0.00000196.